The standard InChI is InChI=1S/C21H16N6O2S/c1-29-17-9-7-14(8-10-17)13-25-26-20(28)18-19(24)27(16-5-3-2-4-6-16)21(30-18)15(11-22)12-23/h2-10,13,24,26,28H,1H3. The van der Waals surface area contributed by atoms with E-state index in [0.29, 0.717) is 11.4 Å². The maximum atomic E-state index is 10.4. The number of benzene rings is 2. The summed E-state index contributed by atoms with van der Waals surface area (Å²) in [5.41, 5.74) is 3.64. The zero-order valence-electron chi connectivity index (χ0n) is 15.8. The van der Waals surface area contributed by atoms with Gasteiger partial charge in [-0.1, -0.05) is 18.2 Å². The van der Waals surface area contributed by atoms with Crippen LogP contribution in [0.25, 0.3) is 17.1 Å². The number of thiazole rings is 1. The molecule has 8 nitrogen and oxygen atoms in total. The molecule has 0 saturated heterocycles. The Morgan fingerprint density at radius 2 is 1.83 bits per heavy atom. The van der Waals surface area contributed by atoms with Crippen molar-refractivity contribution in [2.75, 3.05) is 7.11 Å². The van der Waals surface area contributed by atoms with Crippen LogP contribution < -0.4 is 24.8 Å². The SMILES string of the molecule is COc1ccc(C=NNC(O)=c2sc(=C(C#N)C#N)n(-c3ccccc3)c2=N)cc1. The number of aliphatic hydroxyl groups is 1. The first-order valence-corrected chi connectivity index (χ1v) is 9.43. The van der Waals surface area contributed by atoms with Crippen molar-refractivity contribution in [3.63, 3.8) is 0 Å². The van der Waals surface area contributed by atoms with E-state index in [1.807, 2.05) is 18.2 Å². The Hall–Kier alpha value is -4.34. The Morgan fingerprint density at radius 3 is 2.43 bits per heavy atom. The molecule has 0 unspecified atom stereocenters. The molecule has 3 N–H and O–H groups in total. The van der Waals surface area contributed by atoms with E-state index < -0.39 is 0 Å². The normalized spacial score (nSPS) is 11.4. The van der Waals surface area contributed by atoms with Crippen molar-refractivity contribution in [1.29, 1.82) is 15.9 Å². The van der Waals surface area contributed by atoms with Crippen LogP contribution in [0.4, 0.5) is 0 Å². The van der Waals surface area contributed by atoms with Gasteiger partial charge in [-0.05, 0) is 42.0 Å². The van der Waals surface area contributed by atoms with E-state index in [1.54, 1.807) is 55.6 Å². The third kappa shape index (κ3) is 4.22. The predicted molar refractivity (Wildman–Crippen MR) is 113 cm³/mol. The molecular formula is C21H16N6O2S. The second-order valence-corrected chi connectivity index (χ2v) is 6.85. The number of hydrogen-bond donors (Lipinski definition) is 3. The van der Waals surface area contributed by atoms with Crippen molar-refractivity contribution in [2.45, 2.75) is 0 Å². The van der Waals surface area contributed by atoms with E-state index in [9.17, 15) is 15.6 Å². The summed E-state index contributed by atoms with van der Waals surface area (Å²) in [5, 5.41) is 41.5. The van der Waals surface area contributed by atoms with Crippen molar-refractivity contribution < 1.29 is 9.84 Å². The molecule has 2 aromatic carbocycles. The Labute approximate surface area is 175 Å². The quantitative estimate of drug-likeness (QED) is 0.428. The molecule has 0 radical (unpaired) electrons. The summed E-state index contributed by atoms with van der Waals surface area (Å²) < 4.78 is 6.93. The molecule has 3 rings (SSSR count). The van der Waals surface area contributed by atoms with Crippen LogP contribution in [0.3, 0.4) is 0 Å². The third-order valence-corrected chi connectivity index (χ3v) is 5.18. The smallest absolute Gasteiger partial charge is 0.226 e. The van der Waals surface area contributed by atoms with Crippen LogP contribution in [0.15, 0.2) is 59.7 Å². The Balaban J connectivity index is 2.07. The number of methoxy groups -OCH3 is 1. The van der Waals surface area contributed by atoms with Crippen LogP contribution in [0.2, 0.25) is 0 Å². The van der Waals surface area contributed by atoms with Crippen molar-refractivity contribution in [2.24, 2.45) is 5.10 Å². The van der Waals surface area contributed by atoms with Crippen LogP contribution in [0.5, 0.6) is 5.75 Å². The molecule has 9 heteroatoms. The number of aromatic nitrogens is 1. The zero-order valence-corrected chi connectivity index (χ0v) is 16.6. The van der Waals surface area contributed by atoms with Crippen LogP contribution in [-0.4, -0.2) is 23.0 Å². The largest absolute Gasteiger partial charge is 0.497 e. The summed E-state index contributed by atoms with van der Waals surface area (Å²) in [7, 11) is 1.58. The van der Waals surface area contributed by atoms with Gasteiger partial charge in [0.25, 0.3) is 0 Å². The maximum Gasteiger partial charge on any atom is 0.226 e. The number of rotatable bonds is 5. The van der Waals surface area contributed by atoms with E-state index in [0.717, 1.165) is 16.9 Å². The Bertz CT molecular complexity index is 1320. The summed E-state index contributed by atoms with van der Waals surface area (Å²) in [6.07, 6.45) is 1.50. The molecule has 0 aliphatic carbocycles. The lowest BCUT2D eigenvalue weighted by atomic mass is 10.2. The number of aliphatic hydroxyl groups excluding tert-OH is 1. The number of nitriles is 2. The van der Waals surface area contributed by atoms with Crippen molar-refractivity contribution in [3.05, 3.63) is 74.8 Å². The van der Waals surface area contributed by atoms with E-state index >= 15 is 0 Å². The molecule has 0 spiro atoms. The van der Waals surface area contributed by atoms with Crippen LogP contribution in [0, 0.1) is 28.1 Å². The van der Waals surface area contributed by atoms with Crippen molar-refractivity contribution >= 4 is 29.0 Å². The minimum Gasteiger partial charge on any atom is -0.497 e. The number of nitrogens with one attached hydrogen (secondary N) is 2. The third-order valence-electron chi connectivity index (χ3n) is 4.01. The van der Waals surface area contributed by atoms with Gasteiger partial charge >= 0.3 is 0 Å². The summed E-state index contributed by atoms with van der Waals surface area (Å²) in [6.45, 7) is 0. The summed E-state index contributed by atoms with van der Waals surface area (Å²) >= 11 is 0.951. The van der Waals surface area contributed by atoms with Gasteiger partial charge < -0.3 is 9.84 Å². The first kappa shape index (κ1) is 20.4. The van der Waals surface area contributed by atoms with Gasteiger partial charge in [0.1, 0.15) is 27.1 Å². The monoisotopic (exact) mass is 416 g/mol. The van der Waals surface area contributed by atoms with E-state index in [4.69, 9.17) is 10.1 Å². The van der Waals surface area contributed by atoms with E-state index in [-0.39, 0.29) is 26.1 Å². The molecule has 0 bridgehead atoms. The van der Waals surface area contributed by atoms with Gasteiger partial charge in [-0.25, -0.2) is 5.43 Å². The Kier molecular flexibility index (Phi) is 6.28. The number of para-hydroxylation sites is 1. The van der Waals surface area contributed by atoms with Crippen LogP contribution in [0.1, 0.15) is 5.56 Å². The average Bonchev–Trinajstić information content (AvgIpc) is 3.12. The number of hydrogen-bond acceptors (Lipinski definition) is 8. The average molecular weight is 416 g/mol. The highest BCUT2D eigenvalue weighted by atomic mass is 32.1. The Morgan fingerprint density at radius 1 is 1.17 bits per heavy atom. The minimum atomic E-state index is -0.360. The predicted octanol–water partition coefficient (Wildman–Crippen LogP) is 1.47. The lowest BCUT2D eigenvalue weighted by Crippen LogP contribution is -2.33. The van der Waals surface area contributed by atoms with Crippen LogP contribution in [-0.2, 0) is 0 Å². The highest BCUT2D eigenvalue weighted by molar-refractivity contribution is 7.07. The van der Waals surface area contributed by atoms with Gasteiger partial charge in [0, 0.05) is 5.69 Å². The number of hydrazone groups is 1. The fourth-order valence-electron chi connectivity index (χ4n) is 2.57. The number of nitrogens with zero attached hydrogens (tertiary/aromatic N) is 4. The zero-order chi connectivity index (χ0) is 21.5. The van der Waals surface area contributed by atoms with Crippen LogP contribution >= 0.6 is 11.3 Å². The minimum absolute atomic E-state index is 0.0751. The molecular weight excluding hydrogens is 400 g/mol. The molecule has 30 heavy (non-hydrogen) atoms. The van der Waals surface area contributed by atoms with Gasteiger partial charge in [0.15, 0.2) is 11.1 Å². The van der Waals surface area contributed by atoms with Gasteiger partial charge in [-0.15, -0.1) is 11.3 Å². The highest BCUT2D eigenvalue weighted by Crippen LogP contribution is 2.09. The van der Waals surface area contributed by atoms with E-state index in [1.165, 1.54) is 10.8 Å². The highest BCUT2D eigenvalue weighted by Gasteiger charge is 2.11. The fourth-order valence-corrected chi connectivity index (χ4v) is 3.57. The maximum absolute atomic E-state index is 10.4. The lowest BCUT2D eigenvalue weighted by Gasteiger charge is -2.02. The second kappa shape index (κ2) is 9.24. The summed E-state index contributed by atoms with van der Waals surface area (Å²) in [4.78, 5) is 0. The van der Waals surface area contributed by atoms with Gasteiger partial charge in [0.05, 0.1) is 13.3 Å². The molecule has 3 aromatic rings. The molecule has 0 atom stereocenters. The van der Waals surface area contributed by atoms with Crippen molar-refractivity contribution in [1.82, 2.24) is 9.99 Å². The number of ether oxygens (including phenoxy) is 1. The van der Waals surface area contributed by atoms with E-state index in [2.05, 4.69) is 10.5 Å². The molecule has 0 amide bonds. The second-order valence-electron chi connectivity index (χ2n) is 5.85. The molecule has 0 saturated carbocycles. The molecule has 0 fully saturated rings. The molecule has 1 aromatic heterocycles. The first-order chi connectivity index (χ1) is 14.6. The van der Waals surface area contributed by atoms with Gasteiger partial charge in [0.2, 0.25) is 5.88 Å². The summed E-state index contributed by atoms with van der Waals surface area (Å²) in [6, 6.07) is 19.7. The molecule has 148 valence electrons. The summed E-state index contributed by atoms with van der Waals surface area (Å²) in [5.74, 6) is 0.355. The van der Waals surface area contributed by atoms with Gasteiger partial charge in [-0.2, -0.15) is 15.6 Å². The fraction of sp³-hybridized carbons (Fsp3) is 0.0476. The molecule has 1 heterocycles. The molecule has 0 aliphatic rings. The van der Waals surface area contributed by atoms with Crippen molar-refractivity contribution in [3.8, 4) is 23.6 Å². The van der Waals surface area contributed by atoms with Gasteiger partial charge in [-0.3, -0.25) is 9.98 Å². The lowest BCUT2D eigenvalue weighted by molar-refractivity contribution is 0.415. The molecule has 0 aliphatic heterocycles. The first-order valence-electron chi connectivity index (χ1n) is 8.61. The topological polar surface area (TPSA) is 130 Å².